The van der Waals surface area contributed by atoms with E-state index >= 15 is 0 Å². The van der Waals surface area contributed by atoms with Crippen LogP contribution in [-0.4, -0.2) is 38.6 Å². The van der Waals surface area contributed by atoms with Crippen LogP contribution in [0.4, 0.5) is 0 Å². The topological polar surface area (TPSA) is 53.2 Å². The van der Waals surface area contributed by atoms with Crippen molar-refractivity contribution in [2.75, 3.05) is 26.7 Å². The van der Waals surface area contributed by atoms with E-state index in [1.165, 1.54) is 12.8 Å². The summed E-state index contributed by atoms with van der Waals surface area (Å²) in [6.07, 6.45) is 2.43. The van der Waals surface area contributed by atoms with E-state index in [4.69, 9.17) is 0 Å². The number of carbonyl (C=O) groups is 1. The molecular formula is C11H23N3O. The molecule has 0 radical (unpaired) electrons. The molecule has 3 N–H and O–H groups in total. The van der Waals surface area contributed by atoms with E-state index in [-0.39, 0.29) is 11.3 Å². The van der Waals surface area contributed by atoms with Crippen LogP contribution in [0, 0.1) is 5.41 Å². The van der Waals surface area contributed by atoms with Gasteiger partial charge in [0.2, 0.25) is 5.91 Å². The maximum Gasteiger partial charge on any atom is 0.226 e. The summed E-state index contributed by atoms with van der Waals surface area (Å²) in [6.45, 7) is 6.81. The summed E-state index contributed by atoms with van der Waals surface area (Å²) in [5.74, 6) is 0.0961. The average molecular weight is 213 g/mol. The molecule has 0 spiro atoms. The zero-order valence-corrected chi connectivity index (χ0v) is 10.0. The Bertz CT molecular complexity index is 210. The Hall–Kier alpha value is -0.610. The lowest BCUT2D eigenvalue weighted by Crippen LogP contribution is -2.49. The Morgan fingerprint density at radius 2 is 2.27 bits per heavy atom. The summed E-state index contributed by atoms with van der Waals surface area (Å²) in [5.41, 5.74) is -0.327. The number of hydrogen-bond acceptors (Lipinski definition) is 3. The predicted octanol–water partition coefficient (Wildman–Crippen LogP) is 0.100. The van der Waals surface area contributed by atoms with Crippen molar-refractivity contribution in [1.29, 1.82) is 0 Å². The van der Waals surface area contributed by atoms with Crippen molar-refractivity contribution in [3.05, 3.63) is 0 Å². The van der Waals surface area contributed by atoms with Gasteiger partial charge >= 0.3 is 0 Å². The van der Waals surface area contributed by atoms with Crippen LogP contribution >= 0.6 is 0 Å². The van der Waals surface area contributed by atoms with Crippen LogP contribution in [0.25, 0.3) is 0 Å². The quantitative estimate of drug-likeness (QED) is 0.621. The molecule has 4 nitrogen and oxygen atoms in total. The molecule has 0 bridgehead atoms. The van der Waals surface area contributed by atoms with Gasteiger partial charge in [-0.05, 0) is 33.2 Å². The molecule has 15 heavy (non-hydrogen) atoms. The highest BCUT2D eigenvalue weighted by Gasteiger charge is 2.27. The van der Waals surface area contributed by atoms with Gasteiger partial charge in [0.25, 0.3) is 0 Å². The van der Waals surface area contributed by atoms with Gasteiger partial charge < -0.3 is 16.0 Å². The lowest BCUT2D eigenvalue weighted by atomic mass is 9.91. The molecule has 0 aromatic rings. The molecule has 1 amide bonds. The summed E-state index contributed by atoms with van der Waals surface area (Å²) in [4.78, 5) is 11.5. The van der Waals surface area contributed by atoms with E-state index in [9.17, 15) is 4.79 Å². The minimum atomic E-state index is -0.327. The monoisotopic (exact) mass is 213 g/mol. The van der Waals surface area contributed by atoms with E-state index in [2.05, 4.69) is 16.0 Å². The number of hydrogen-bond donors (Lipinski definition) is 3. The van der Waals surface area contributed by atoms with Crippen molar-refractivity contribution in [1.82, 2.24) is 16.0 Å². The molecule has 1 saturated heterocycles. The van der Waals surface area contributed by atoms with Crippen molar-refractivity contribution in [3.63, 3.8) is 0 Å². The van der Waals surface area contributed by atoms with Gasteiger partial charge in [-0.3, -0.25) is 4.79 Å². The Morgan fingerprint density at radius 3 is 2.80 bits per heavy atom. The van der Waals surface area contributed by atoms with Crippen LogP contribution in [-0.2, 0) is 4.79 Å². The molecule has 88 valence electrons. The first kappa shape index (κ1) is 12.5. The standard InChI is InChI=1S/C11H23N3O/c1-11(2,10(15)12-3)8-14-9-5-4-6-13-7-9/h9,13-14H,4-8H2,1-3H3,(H,12,15). The van der Waals surface area contributed by atoms with Crippen molar-refractivity contribution >= 4 is 5.91 Å². The summed E-state index contributed by atoms with van der Waals surface area (Å²) >= 11 is 0. The van der Waals surface area contributed by atoms with Gasteiger partial charge in [0.1, 0.15) is 0 Å². The number of piperidine rings is 1. The zero-order valence-electron chi connectivity index (χ0n) is 10.0. The number of carbonyl (C=O) groups excluding carboxylic acids is 1. The van der Waals surface area contributed by atoms with Gasteiger partial charge in [-0.2, -0.15) is 0 Å². The highest BCUT2D eigenvalue weighted by atomic mass is 16.2. The Balaban J connectivity index is 2.31. The minimum Gasteiger partial charge on any atom is -0.359 e. The highest BCUT2D eigenvalue weighted by Crippen LogP contribution is 2.14. The minimum absolute atomic E-state index is 0.0961. The molecule has 1 aliphatic rings. The van der Waals surface area contributed by atoms with Crippen molar-refractivity contribution in [2.24, 2.45) is 5.41 Å². The molecule has 0 aliphatic carbocycles. The van der Waals surface area contributed by atoms with Crippen molar-refractivity contribution in [3.8, 4) is 0 Å². The van der Waals surface area contributed by atoms with E-state index in [1.54, 1.807) is 7.05 Å². The van der Waals surface area contributed by atoms with E-state index < -0.39 is 0 Å². The maximum absolute atomic E-state index is 11.5. The number of rotatable bonds is 4. The highest BCUT2D eigenvalue weighted by molar-refractivity contribution is 5.81. The van der Waals surface area contributed by atoms with Crippen LogP contribution in [0.2, 0.25) is 0 Å². The average Bonchev–Trinajstić information content (AvgIpc) is 2.27. The van der Waals surface area contributed by atoms with Gasteiger partial charge in [0.05, 0.1) is 5.41 Å². The van der Waals surface area contributed by atoms with E-state index in [1.807, 2.05) is 13.8 Å². The van der Waals surface area contributed by atoms with Crippen LogP contribution in [0.1, 0.15) is 26.7 Å². The second-order valence-corrected chi connectivity index (χ2v) is 4.89. The fraction of sp³-hybridized carbons (Fsp3) is 0.909. The molecule has 1 atom stereocenters. The molecule has 1 fully saturated rings. The van der Waals surface area contributed by atoms with E-state index in [0.29, 0.717) is 6.04 Å². The largest absolute Gasteiger partial charge is 0.359 e. The first-order chi connectivity index (χ1) is 7.06. The fourth-order valence-electron chi connectivity index (χ4n) is 1.84. The molecule has 1 aliphatic heterocycles. The third-order valence-electron chi connectivity index (χ3n) is 2.97. The molecule has 0 aromatic heterocycles. The zero-order chi connectivity index (χ0) is 11.3. The number of amides is 1. The summed E-state index contributed by atoms with van der Waals surface area (Å²) < 4.78 is 0. The normalized spacial score (nSPS) is 22.5. The Kier molecular flexibility index (Phi) is 4.54. The predicted molar refractivity (Wildman–Crippen MR) is 61.7 cm³/mol. The maximum atomic E-state index is 11.5. The Labute approximate surface area is 92.2 Å². The molecule has 1 rings (SSSR count). The first-order valence-electron chi connectivity index (χ1n) is 5.72. The van der Waals surface area contributed by atoms with Gasteiger partial charge in [-0.1, -0.05) is 0 Å². The SMILES string of the molecule is CNC(=O)C(C)(C)CNC1CCCNC1. The second-order valence-electron chi connectivity index (χ2n) is 4.89. The summed E-state index contributed by atoms with van der Waals surface area (Å²) in [5, 5.41) is 9.50. The van der Waals surface area contributed by atoms with Gasteiger partial charge in [-0.15, -0.1) is 0 Å². The molecule has 1 unspecified atom stereocenters. The smallest absolute Gasteiger partial charge is 0.226 e. The molecule has 4 heteroatoms. The molecular weight excluding hydrogens is 190 g/mol. The number of nitrogens with one attached hydrogen (secondary N) is 3. The van der Waals surface area contributed by atoms with E-state index in [0.717, 1.165) is 19.6 Å². The van der Waals surface area contributed by atoms with Crippen LogP contribution in [0.3, 0.4) is 0 Å². The lowest BCUT2D eigenvalue weighted by molar-refractivity contribution is -0.128. The molecule has 0 aromatic carbocycles. The van der Waals surface area contributed by atoms with Gasteiger partial charge in [0, 0.05) is 26.2 Å². The third kappa shape index (κ3) is 3.80. The molecule has 1 heterocycles. The Morgan fingerprint density at radius 1 is 1.53 bits per heavy atom. The van der Waals surface area contributed by atoms with Gasteiger partial charge in [-0.25, -0.2) is 0 Å². The van der Waals surface area contributed by atoms with Crippen LogP contribution in [0.5, 0.6) is 0 Å². The van der Waals surface area contributed by atoms with Crippen molar-refractivity contribution < 1.29 is 4.79 Å². The second kappa shape index (κ2) is 5.47. The summed E-state index contributed by atoms with van der Waals surface area (Å²) in [6, 6.07) is 0.516. The van der Waals surface area contributed by atoms with Crippen LogP contribution < -0.4 is 16.0 Å². The van der Waals surface area contributed by atoms with Crippen molar-refractivity contribution in [2.45, 2.75) is 32.7 Å². The fourth-order valence-corrected chi connectivity index (χ4v) is 1.84. The first-order valence-corrected chi connectivity index (χ1v) is 5.72. The van der Waals surface area contributed by atoms with Gasteiger partial charge in [0.15, 0.2) is 0 Å². The summed E-state index contributed by atoms with van der Waals surface area (Å²) in [7, 11) is 1.69. The third-order valence-corrected chi connectivity index (χ3v) is 2.97. The molecule has 0 saturated carbocycles. The lowest BCUT2D eigenvalue weighted by Gasteiger charge is -2.29. The van der Waals surface area contributed by atoms with Crippen LogP contribution in [0.15, 0.2) is 0 Å².